The zero-order chi connectivity index (χ0) is 20.6. The molecule has 0 aliphatic heterocycles. The number of alkyl halides is 3. The summed E-state index contributed by atoms with van der Waals surface area (Å²) in [4.78, 5) is 7.72. The maximum absolute atomic E-state index is 12.6. The Morgan fingerprint density at radius 2 is 2.07 bits per heavy atom. The lowest BCUT2D eigenvalue weighted by Crippen LogP contribution is -2.04. The van der Waals surface area contributed by atoms with Crippen molar-refractivity contribution in [2.75, 3.05) is 6.26 Å². The van der Waals surface area contributed by atoms with E-state index < -0.39 is 21.8 Å². The first-order valence-electron chi connectivity index (χ1n) is 8.12. The van der Waals surface area contributed by atoms with Gasteiger partial charge in [0, 0.05) is 39.5 Å². The number of nitrogens with zero attached hydrogens (tertiary/aromatic N) is 6. The minimum atomic E-state index is -4.71. The molecule has 4 rings (SSSR count). The van der Waals surface area contributed by atoms with E-state index in [1.54, 1.807) is 16.7 Å². The molecule has 0 fully saturated rings. The van der Waals surface area contributed by atoms with Gasteiger partial charge in [-0.1, -0.05) is 10.3 Å². The maximum atomic E-state index is 12.6. The first-order valence-corrected chi connectivity index (χ1v) is 10.2. The Bertz CT molecular complexity index is 1270. The lowest BCUT2D eigenvalue weighted by molar-refractivity contribution is -0.159. The van der Waals surface area contributed by atoms with Crippen LogP contribution in [0.25, 0.3) is 17.0 Å². The fourth-order valence-electron chi connectivity index (χ4n) is 2.56. The first kappa shape index (κ1) is 19.1. The Labute approximate surface area is 161 Å². The van der Waals surface area contributed by atoms with E-state index in [9.17, 15) is 17.4 Å². The Hall–Kier alpha value is -3.22. The molecule has 0 aliphatic rings. The van der Waals surface area contributed by atoms with Gasteiger partial charge in [-0.3, -0.25) is 0 Å². The lowest BCUT2D eigenvalue weighted by Gasteiger charge is -2.00. The minimum Gasteiger partial charge on any atom is -0.364 e. The molecule has 152 valence electrons. The number of hydrogen-bond acceptors (Lipinski definition) is 8. The molecule has 0 spiro atoms. The fourth-order valence-corrected chi connectivity index (χ4v) is 3.82. The molecule has 4 aromatic rings. The molecule has 0 radical (unpaired) electrons. The summed E-state index contributed by atoms with van der Waals surface area (Å²) in [5, 5.41) is 6.93. The first-order chi connectivity index (χ1) is 13.7. The van der Waals surface area contributed by atoms with Crippen molar-refractivity contribution < 1.29 is 26.4 Å². The second-order valence-electron chi connectivity index (χ2n) is 6.26. The normalized spacial score (nSPS) is 14.2. The van der Waals surface area contributed by atoms with Gasteiger partial charge >= 0.3 is 12.1 Å². The highest BCUT2D eigenvalue weighted by Crippen LogP contribution is 2.29. The molecule has 0 amide bonds. The molecule has 0 saturated carbocycles. The van der Waals surface area contributed by atoms with E-state index in [0.29, 0.717) is 22.5 Å². The van der Waals surface area contributed by atoms with Gasteiger partial charge in [-0.25, -0.2) is 13.6 Å². The van der Waals surface area contributed by atoms with Crippen LogP contribution >= 0.6 is 0 Å². The van der Waals surface area contributed by atoms with Gasteiger partial charge in [0.1, 0.15) is 11.9 Å². The molecule has 0 aliphatic carbocycles. The molecule has 29 heavy (non-hydrogen) atoms. The third-order valence-corrected chi connectivity index (χ3v) is 5.39. The minimum absolute atomic E-state index is 0.109. The van der Waals surface area contributed by atoms with Crippen LogP contribution in [-0.4, -0.2) is 35.1 Å². The zero-order valence-electron chi connectivity index (χ0n) is 14.8. The van der Waals surface area contributed by atoms with Crippen molar-refractivity contribution in [2.24, 2.45) is 4.36 Å². The van der Waals surface area contributed by atoms with E-state index in [4.69, 9.17) is 4.52 Å². The van der Waals surface area contributed by atoms with Crippen molar-refractivity contribution in [2.45, 2.75) is 18.5 Å². The van der Waals surface area contributed by atoms with Gasteiger partial charge < -0.3 is 13.4 Å². The van der Waals surface area contributed by atoms with Crippen LogP contribution in [0, 0.1) is 0 Å². The molecular weight excluding hydrogens is 413 g/mol. The predicted molar refractivity (Wildman–Crippen MR) is 93.9 cm³/mol. The van der Waals surface area contributed by atoms with Gasteiger partial charge in [0.2, 0.25) is 5.82 Å². The molecule has 0 saturated heterocycles. The highest BCUT2D eigenvalue weighted by Gasteiger charge is 2.38. The van der Waals surface area contributed by atoms with Crippen molar-refractivity contribution in [3.8, 4) is 11.4 Å². The standard InChI is InChI=1S/C16H13F3N6O3S/c1-29(26,9-10-4-20-27-8-10)21-5-12-7-25-6-11(2-3-13(25)22-12)14-23-15(28-24-14)16(17,18)19/h2-4,6-8H,5,9H2,1H3. The van der Waals surface area contributed by atoms with Crippen LogP contribution in [0.4, 0.5) is 13.2 Å². The van der Waals surface area contributed by atoms with E-state index in [-0.39, 0.29) is 18.1 Å². The van der Waals surface area contributed by atoms with Crippen molar-refractivity contribution in [1.29, 1.82) is 0 Å². The van der Waals surface area contributed by atoms with Crippen LogP contribution in [0.3, 0.4) is 0 Å². The zero-order valence-corrected chi connectivity index (χ0v) is 15.6. The summed E-state index contributed by atoms with van der Waals surface area (Å²) in [5.41, 5.74) is 2.09. The molecular formula is C16H13F3N6O3S. The van der Waals surface area contributed by atoms with Crippen LogP contribution in [0.2, 0.25) is 0 Å². The van der Waals surface area contributed by atoms with Gasteiger partial charge in [0.25, 0.3) is 0 Å². The smallest absolute Gasteiger partial charge is 0.364 e. The van der Waals surface area contributed by atoms with Crippen LogP contribution < -0.4 is 0 Å². The summed E-state index contributed by atoms with van der Waals surface area (Å²) >= 11 is 0. The number of imidazole rings is 1. The second-order valence-corrected chi connectivity index (χ2v) is 8.73. The van der Waals surface area contributed by atoms with Crippen LogP contribution in [0.1, 0.15) is 17.1 Å². The summed E-state index contributed by atoms with van der Waals surface area (Å²) in [6.07, 6.45) is 2.88. The maximum Gasteiger partial charge on any atom is 0.471 e. The highest BCUT2D eigenvalue weighted by molar-refractivity contribution is 7.92. The molecule has 0 N–H and O–H groups in total. The van der Waals surface area contributed by atoms with Gasteiger partial charge in [-0.2, -0.15) is 18.2 Å². The van der Waals surface area contributed by atoms with E-state index in [0.717, 1.165) is 0 Å². The van der Waals surface area contributed by atoms with Crippen LogP contribution in [0.15, 0.2) is 50.4 Å². The molecule has 0 aromatic carbocycles. The van der Waals surface area contributed by atoms with Gasteiger partial charge in [0.05, 0.1) is 24.2 Å². The number of hydrogen-bond donors (Lipinski definition) is 0. The van der Waals surface area contributed by atoms with E-state index in [2.05, 4.69) is 29.2 Å². The third kappa shape index (κ3) is 4.29. The van der Waals surface area contributed by atoms with Crippen LogP contribution in [-0.2, 0) is 28.2 Å². The van der Waals surface area contributed by atoms with Crippen molar-refractivity contribution in [3.63, 3.8) is 0 Å². The monoisotopic (exact) mass is 426 g/mol. The Kier molecular flexibility index (Phi) is 4.61. The van der Waals surface area contributed by atoms with E-state index >= 15 is 0 Å². The molecule has 4 aromatic heterocycles. The van der Waals surface area contributed by atoms with E-state index in [1.807, 2.05) is 0 Å². The van der Waals surface area contributed by atoms with Crippen molar-refractivity contribution in [3.05, 3.63) is 54.1 Å². The van der Waals surface area contributed by atoms with E-state index in [1.165, 1.54) is 31.0 Å². The predicted octanol–water partition coefficient (Wildman–Crippen LogP) is 3.19. The summed E-state index contributed by atoms with van der Waals surface area (Å²) in [6, 6.07) is 3.13. The number of aromatic nitrogens is 5. The van der Waals surface area contributed by atoms with Crippen LogP contribution in [0.5, 0.6) is 0 Å². The summed E-state index contributed by atoms with van der Waals surface area (Å²) in [6.45, 7) is 0.109. The summed E-state index contributed by atoms with van der Waals surface area (Å²) in [5.74, 6) is -1.40. The Morgan fingerprint density at radius 3 is 2.76 bits per heavy atom. The lowest BCUT2D eigenvalue weighted by atomic mass is 10.3. The SMILES string of the molecule is CS(=O)(Cc1cnoc1)=NCc1cn2cc(-c3noc(C(F)(F)F)n3)ccc2n1. The Morgan fingerprint density at radius 1 is 1.24 bits per heavy atom. The average molecular weight is 426 g/mol. The summed E-state index contributed by atoms with van der Waals surface area (Å²) in [7, 11) is -2.52. The number of halogens is 3. The number of rotatable bonds is 5. The Balaban J connectivity index is 1.56. The number of fused-ring (bicyclic) bond motifs is 1. The quantitative estimate of drug-likeness (QED) is 0.482. The molecule has 1 unspecified atom stereocenters. The average Bonchev–Trinajstić information content (AvgIpc) is 3.38. The molecule has 4 heterocycles. The van der Waals surface area contributed by atoms with Gasteiger partial charge in [0.15, 0.2) is 0 Å². The topological polar surface area (TPSA) is 112 Å². The third-order valence-electron chi connectivity index (χ3n) is 3.85. The summed E-state index contributed by atoms with van der Waals surface area (Å²) < 4.78 is 65.2. The molecule has 13 heteroatoms. The second kappa shape index (κ2) is 6.99. The van der Waals surface area contributed by atoms with Gasteiger partial charge in [-0.05, 0) is 12.1 Å². The molecule has 0 bridgehead atoms. The number of pyridine rings is 1. The highest BCUT2D eigenvalue weighted by atomic mass is 32.2. The van der Waals surface area contributed by atoms with Crippen molar-refractivity contribution in [1.82, 2.24) is 24.7 Å². The largest absolute Gasteiger partial charge is 0.471 e. The van der Waals surface area contributed by atoms with Crippen molar-refractivity contribution >= 4 is 15.4 Å². The molecule has 9 nitrogen and oxygen atoms in total. The van der Waals surface area contributed by atoms with Gasteiger partial charge in [-0.15, -0.1) is 0 Å². The molecule has 1 atom stereocenters. The fraction of sp³-hybridized carbons (Fsp3) is 0.250.